The number of hydrogen-bond donors (Lipinski definition) is 0. The molecule has 0 spiro atoms. The number of rotatable bonds is 2. The van der Waals surface area contributed by atoms with Crippen molar-refractivity contribution in [2.45, 2.75) is 41.9 Å². The normalized spacial score (nSPS) is 32.8. The summed E-state index contributed by atoms with van der Waals surface area (Å²) < 4.78 is 170. The van der Waals surface area contributed by atoms with Gasteiger partial charge in [0.1, 0.15) is 5.57 Å². The first-order chi connectivity index (χ1) is 10.7. The highest BCUT2D eigenvalue weighted by Gasteiger charge is 2.97. The molecule has 2 atom stereocenters. The lowest BCUT2D eigenvalue weighted by Crippen LogP contribution is -2.81. The van der Waals surface area contributed by atoms with Crippen LogP contribution in [-0.2, 0) is 9.53 Å². The second kappa shape index (κ2) is 5.16. The molecule has 0 aliphatic heterocycles. The lowest BCUT2D eigenvalue weighted by atomic mass is 9.80. The molecule has 1 aliphatic carbocycles. The maximum atomic E-state index is 13.8. The van der Waals surface area contributed by atoms with E-state index in [4.69, 9.17) is 0 Å². The van der Waals surface area contributed by atoms with Crippen LogP contribution in [0, 0.1) is 0 Å². The number of hydrogen-bond acceptors (Lipinski definition) is 2. The van der Waals surface area contributed by atoms with Crippen molar-refractivity contribution in [3.8, 4) is 0 Å². The van der Waals surface area contributed by atoms with E-state index in [9.17, 15) is 61.9 Å². The first-order valence-electron chi connectivity index (χ1n) is 5.53. The third-order valence-corrected chi connectivity index (χ3v) is 3.10. The van der Waals surface area contributed by atoms with E-state index in [-0.39, 0.29) is 0 Å². The minimum Gasteiger partial charge on any atom is -0.413 e. The minimum atomic E-state index is -7.32. The lowest BCUT2D eigenvalue weighted by molar-refractivity contribution is -0.476. The summed E-state index contributed by atoms with van der Waals surface area (Å²) in [5.74, 6) is -38.6. The maximum absolute atomic E-state index is 13.8. The van der Waals surface area contributed by atoms with E-state index >= 15 is 0 Å². The molecule has 15 heteroatoms. The Hall–Kier alpha value is -1.70. The van der Waals surface area contributed by atoms with Crippen molar-refractivity contribution >= 4 is 5.97 Å². The number of alkyl halides is 13. The molecule has 0 radical (unpaired) electrons. The summed E-state index contributed by atoms with van der Waals surface area (Å²) >= 11 is 0. The topological polar surface area (TPSA) is 26.3 Å². The summed E-state index contributed by atoms with van der Waals surface area (Å²) in [6.45, 7) is 1.82. The monoisotopic (exact) mass is 402 g/mol. The highest BCUT2D eigenvalue weighted by atomic mass is 19.4. The van der Waals surface area contributed by atoms with Crippen molar-refractivity contribution in [3.63, 3.8) is 0 Å². The molecule has 2 nitrogen and oxygen atoms in total. The molecule has 0 amide bonds. The molecule has 25 heavy (non-hydrogen) atoms. The molecule has 2 unspecified atom stereocenters. The van der Waals surface area contributed by atoms with Gasteiger partial charge in [-0.05, 0) is 0 Å². The van der Waals surface area contributed by atoms with Gasteiger partial charge in [-0.2, -0.15) is 52.7 Å². The number of halogens is 13. The molecule has 1 saturated carbocycles. The van der Waals surface area contributed by atoms with Gasteiger partial charge in [-0.1, -0.05) is 6.58 Å². The van der Waals surface area contributed by atoms with Crippen LogP contribution in [0.15, 0.2) is 12.2 Å². The van der Waals surface area contributed by atoms with Crippen molar-refractivity contribution < 1.29 is 66.6 Å². The molecule has 1 fully saturated rings. The third-order valence-electron chi connectivity index (χ3n) is 3.10. The zero-order valence-corrected chi connectivity index (χ0v) is 11.0. The van der Waals surface area contributed by atoms with Gasteiger partial charge in [0.2, 0.25) is 6.17 Å². The molecular weight excluding hydrogens is 399 g/mol. The van der Waals surface area contributed by atoms with Crippen molar-refractivity contribution in [1.82, 2.24) is 0 Å². The Morgan fingerprint density at radius 3 is 1.60 bits per heavy atom. The second-order valence-corrected chi connectivity index (χ2v) is 4.72. The molecule has 1 rings (SSSR count). The minimum absolute atomic E-state index is 1.82. The van der Waals surface area contributed by atoms with E-state index < -0.39 is 53.4 Å². The Kier molecular flexibility index (Phi) is 4.40. The largest absolute Gasteiger partial charge is 0.422 e. The molecular formula is C10H3F13O2. The first-order valence-corrected chi connectivity index (χ1v) is 5.53. The van der Waals surface area contributed by atoms with Gasteiger partial charge in [-0.3, -0.25) is 0 Å². The van der Waals surface area contributed by atoms with Gasteiger partial charge in [0.15, 0.2) is 0 Å². The van der Waals surface area contributed by atoms with Gasteiger partial charge in [0.05, 0.1) is 0 Å². The van der Waals surface area contributed by atoms with Crippen LogP contribution in [0.3, 0.4) is 0 Å². The Morgan fingerprint density at radius 2 is 1.24 bits per heavy atom. The van der Waals surface area contributed by atoms with Crippen LogP contribution in [-0.4, -0.2) is 47.9 Å². The summed E-state index contributed by atoms with van der Waals surface area (Å²) in [6.07, 6.45) is -11.6. The molecule has 146 valence electrons. The Morgan fingerprint density at radius 1 is 0.840 bits per heavy atom. The number of ether oxygens (including phenoxy) is 1. The lowest BCUT2D eigenvalue weighted by Gasteiger charge is -2.49. The Balaban J connectivity index is 3.54. The summed E-state index contributed by atoms with van der Waals surface area (Å²) in [5.41, 5.74) is -2.92. The van der Waals surface area contributed by atoms with Crippen molar-refractivity contribution in [2.24, 2.45) is 0 Å². The number of carbonyl (C=O) groups is 1. The predicted molar refractivity (Wildman–Crippen MR) is 49.8 cm³/mol. The fourth-order valence-corrected chi connectivity index (χ4v) is 1.61. The van der Waals surface area contributed by atoms with Gasteiger partial charge >= 0.3 is 41.7 Å². The average Bonchev–Trinajstić information content (AvgIpc) is 2.42. The second-order valence-electron chi connectivity index (χ2n) is 4.72. The third kappa shape index (κ3) is 2.45. The molecule has 0 aromatic rings. The number of carbonyl (C=O) groups excluding carboxylic acids is 1. The summed E-state index contributed by atoms with van der Waals surface area (Å²) in [6, 6.07) is 0. The predicted octanol–water partition coefficient (Wildman–Crippen LogP) is 4.21. The Bertz CT molecular complexity index is 592. The van der Waals surface area contributed by atoms with E-state index in [1.54, 1.807) is 0 Å². The maximum Gasteiger partial charge on any atom is 0.422 e. The zero-order valence-electron chi connectivity index (χ0n) is 11.0. The van der Waals surface area contributed by atoms with E-state index in [2.05, 4.69) is 4.74 Å². The van der Waals surface area contributed by atoms with E-state index in [0.717, 1.165) is 0 Å². The van der Waals surface area contributed by atoms with Crippen LogP contribution in [0.25, 0.3) is 0 Å². The summed E-state index contributed by atoms with van der Waals surface area (Å²) in [7, 11) is 0. The van der Waals surface area contributed by atoms with Gasteiger partial charge in [-0.25, -0.2) is 9.18 Å². The van der Waals surface area contributed by atoms with Crippen LogP contribution >= 0.6 is 0 Å². The van der Waals surface area contributed by atoms with Gasteiger partial charge < -0.3 is 4.74 Å². The quantitative estimate of drug-likeness (QED) is 0.393. The van der Waals surface area contributed by atoms with Gasteiger partial charge in [0.25, 0.3) is 0 Å². The number of esters is 1. The highest BCUT2D eigenvalue weighted by molar-refractivity contribution is 5.89. The van der Waals surface area contributed by atoms with Crippen molar-refractivity contribution in [1.29, 1.82) is 0 Å². The van der Waals surface area contributed by atoms with Gasteiger partial charge in [0, 0.05) is 0 Å². The Labute approximate surface area is 128 Å². The standard InChI is InChI=1S/C10H3F13O2/c1-2(7(16,17)18)3(24)25-10(23)6(14,15)4(11)5(12,13)8(19,20)9(10,21)22/h4H,1H2. The zero-order chi connectivity index (χ0) is 20.4. The fourth-order valence-electron chi connectivity index (χ4n) is 1.61. The van der Waals surface area contributed by atoms with E-state index in [1.807, 2.05) is 6.58 Å². The van der Waals surface area contributed by atoms with Crippen LogP contribution in [0.1, 0.15) is 0 Å². The average molecular weight is 402 g/mol. The molecule has 0 N–H and O–H groups in total. The highest BCUT2D eigenvalue weighted by Crippen LogP contribution is 2.65. The van der Waals surface area contributed by atoms with E-state index in [1.165, 1.54) is 0 Å². The fraction of sp³-hybridized carbons (Fsp3) is 0.700. The molecule has 1 aliphatic rings. The molecule has 0 heterocycles. The molecule has 0 saturated heterocycles. The first kappa shape index (κ1) is 21.3. The van der Waals surface area contributed by atoms with Crippen LogP contribution in [0.5, 0.6) is 0 Å². The van der Waals surface area contributed by atoms with Crippen molar-refractivity contribution in [3.05, 3.63) is 12.2 Å². The van der Waals surface area contributed by atoms with Crippen LogP contribution < -0.4 is 0 Å². The van der Waals surface area contributed by atoms with Crippen LogP contribution in [0.2, 0.25) is 0 Å². The summed E-state index contributed by atoms with van der Waals surface area (Å²) in [4.78, 5) is 10.8. The SMILES string of the molecule is C=C(C(=O)OC1(F)C(F)(F)C(F)C(F)(F)C(F)(F)C1(F)F)C(F)(F)F. The summed E-state index contributed by atoms with van der Waals surface area (Å²) in [5, 5.41) is 0. The van der Waals surface area contributed by atoms with Crippen molar-refractivity contribution in [2.75, 3.05) is 0 Å². The molecule has 0 bridgehead atoms. The van der Waals surface area contributed by atoms with Crippen LogP contribution in [0.4, 0.5) is 57.1 Å². The molecule has 0 aromatic heterocycles. The van der Waals surface area contributed by atoms with Gasteiger partial charge in [-0.15, -0.1) is 0 Å². The molecule has 0 aromatic carbocycles. The smallest absolute Gasteiger partial charge is 0.413 e. The van der Waals surface area contributed by atoms with E-state index in [0.29, 0.717) is 0 Å².